The van der Waals surface area contributed by atoms with Crippen molar-refractivity contribution >= 4 is 16.8 Å². The quantitative estimate of drug-likeness (QED) is 0.567. The molecular formula is C20H17N3O4. The Bertz CT molecular complexity index is 1160. The number of aromatic amines is 1. The second kappa shape index (κ2) is 6.95. The van der Waals surface area contributed by atoms with Crippen molar-refractivity contribution in [1.29, 1.82) is 0 Å². The van der Waals surface area contributed by atoms with Crippen LogP contribution in [0.3, 0.4) is 0 Å². The van der Waals surface area contributed by atoms with E-state index in [1.165, 1.54) is 12.3 Å². The van der Waals surface area contributed by atoms with Gasteiger partial charge in [-0.3, -0.25) is 9.59 Å². The number of carbonyl (C=O) groups is 1. The first-order valence-corrected chi connectivity index (χ1v) is 8.51. The van der Waals surface area contributed by atoms with E-state index in [9.17, 15) is 9.59 Å². The number of hydrogen-bond donors (Lipinski definition) is 2. The number of aromatic nitrogens is 2. The fraction of sp³-hybridized carbons (Fsp3) is 0.150. The highest BCUT2D eigenvalue weighted by Crippen LogP contribution is 2.20. The molecule has 0 saturated heterocycles. The molecule has 136 valence electrons. The number of nitrogens with one attached hydrogen (secondary N) is 2. The van der Waals surface area contributed by atoms with Gasteiger partial charge in [0.05, 0.1) is 6.26 Å². The van der Waals surface area contributed by atoms with Crippen LogP contribution >= 0.6 is 0 Å². The van der Waals surface area contributed by atoms with Crippen LogP contribution < -0.4 is 10.9 Å². The zero-order valence-corrected chi connectivity index (χ0v) is 14.6. The summed E-state index contributed by atoms with van der Waals surface area (Å²) in [5.41, 5.74) is 2.54. The van der Waals surface area contributed by atoms with Crippen LogP contribution in [0.1, 0.15) is 21.6 Å². The van der Waals surface area contributed by atoms with Gasteiger partial charge in [0.15, 0.2) is 11.5 Å². The van der Waals surface area contributed by atoms with E-state index in [0.29, 0.717) is 30.0 Å². The molecule has 0 aliphatic heterocycles. The number of aryl methyl sites for hydroxylation is 1. The Kier molecular flexibility index (Phi) is 4.33. The third-order valence-electron chi connectivity index (χ3n) is 4.26. The molecule has 7 nitrogen and oxygen atoms in total. The van der Waals surface area contributed by atoms with Gasteiger partial charge in [-0.2, -0.15) is 0 Å². The minimum atomic E-state index is -0.371. The summed E-state index contributed by atoms with van der Waals surface area (Å²) in [6, 6.07) is 12.7. The molecule has 27 heavy (non-hydrogen) atoms. The summed E-state index contributed by atoms with van der Waals surface area (Å²) >= 11 is 0. The van der Waals surface area contributed by atoms with Crippen molar-refractivity contribution in [2.45, 2.75) is 13.3 Å². The molecule has 0 fully saturated rings. The smallest absolute Gasteiger partial charge is 0.273 e. The van der Waals surface area contributed by atoms with Crippen LogP contribution in [0, 0.1) is 6.92 Å². The van der Waals surface area contributed by atoms with Crippen LogP contribution in [0.25, 0.3) is 22.4 Å². The SMILES string of the molecule is Cc1ccc2[nH]c(=O)c(CCNC(=O)c3cc(-c4ccco4)on3)cc2c1. The van der Waals surface area contributed by atoms with Gasteiger partial charge < -0.3 is 19.2 Å². The predicted molar refractivity (Wildman–Crippen MR) is 99.5 cm³/mol. The van der Waals surface area contributed by atoms with Gasteiger partial charge in [0.25, 0.3) is 11.5 Å². The first kappa shape index (κ1) is 16.8. The van der Waals surface area contributed by atoms with Gasteiger partial charge in [-0.1, -0.05) is 16.8 Å². The number of furan rings is 1. The van der Waals surface area contributed by atoms with E-state index in [1.54, 1.807) is 12.1 Å². The average Bonchev–Trinajstić information content (AvgIpc) is 3.34. The maximum atomic E-state index is 12.2. The number of benzene rings is 1. The molecule has 0 atom stereocenters. The molecule has 0 unspecified atom stereocenters. The molecule has 0 saturated carbocycles. The molecule has 7 heteroatoms. The van der Waals surface area contributed by atoms with Gasteiger partial charge in [-0.05, 0) is 49.1 Å². The van der Waals surface area contributed by atoms with E-state index < -0.39 is 0 Å². The molecule has 0 spiro atoms. The van der Waals surface area contributed by atoms with Crippen molar-refractivity contribution in [3.63, 3.8) is 0 Å². The van der Waals surface area contributed by atoms with E-state index in [-0.39, 0.29) is 17.2 Å². The number of amides is 1. The van der Waals surface area contributed by atoms with E-state index in [4.69, 9.17) is 8.94 Å². The lowest BCUT2D eigenvalue weighted by atomic mass is 10.1. The molecule has 1 aromatic carbocycles. The Balaban J connectivity index is 1.42. The van der Waals surface area contributed by atoms with Crippen LogP contribution in [0.2, 0.25) is 0 Å². The summed E-state index contributed by atoms with van der Waals surface area (Å²) in [5.74, 6) is 0.510. The van der Waals surface area contributed by atoms with Gasteiger partial charge in [0.1, 0.15) is 0 Å². The van der Waals surface area contributed by atoms with Gasteiger partial charge >= 0.3 is 0 Å². The Hall–Kier alpha value is -3.61. The highest BCUT2D eigenvalue weighted by Gasteiger charge is 2.15. The molecule has 1 amide bonds. The van der Waals surface area contributed by atoms with Crippen molar-refractivity contribution in [3.8, 4) is 11.5 Å². The van der Waals surface area contributed by atoms with Crippen LogP contribution in [0.4, 0.5) is 0 Å². The highest BCUT2D eigenvalue weighted by molar-refractivity contribution is 5.92. The molecule has 4 rings (SSSR count). The van der Waals surface area contributed by atoms with E-state index in [0.717, 1.165) is 16.5 Å². The van der Waals surface area contributed by atoms with Crippen LogP contribution in [-0.4, -0.2) is 22.6 Å². The topological polar surface area (TPSA) is 101 Å². The van der Waals surface area contributed by atoms with Gasteiger partial charge in [-0.25, -0.2) is 0 Å². The first-order chi connectivity index (χ1) is 13.1. The molecule has 0 radical (unpaired) electrons. The van der Waals surface area contributed by atoms with Crippen molar-refractivity contribution < 1.29 is 13.7 Å². The maximum absolute atomic E-state index is 12.2. The minimum Gasteiger partial charge on any atom is -0.461 e. The molecule has 0 aliphatic rings. The molecule has 4 aromatic rings. The van der Waals surface area contributed by atoms with E-state index in [2.05, 4.69) is 15.5 Å². The fourth-order valence-electron chi connectivity index (χ4n) is 2.88. The number of pyridine rings is 1. The zero-order chi connectivity index (χ0) is 18.8. The molecule has 0 bridgehead atoms. The molecular weight excluding hydrogens is 346 g/mol. The number of carbonyl (C=O) groups excluding carboxylic acids is 1. The molecule has 2 N–H and O–H groups in total. The molecule has 0 aliphatic carbocycles. The fourth-order valence-corrected chi connectivity index (χ4v) is 2.88. The Morgan fingerprint density at radius 3 is 2.89 bits per heavy atom. The van der Waals surface area contributed by atoms with Crippen LogP contribution in [0.15, 0.2) is 62.5 Å². The van der Waals surface area contributed by atoms with Crippen LogP contribution in [0.5, 0.6) is 0 Å². The monoisotopic (exact) mass is 363 g/mol. The predicted octanol–water partition coefficient (Wildman–Crippen LogP) is 3.06. The molecule has 3 aromatic heterocycles. The summed E-state index contributed by atoms with van der Waals surface area (Å²) in [7, 11) is 0. The van der Waals surface area contributed by atoms with Gasteiger partial charge in [0.2, 0.25) is 5.76 Å². The Morgan fingerprint density at radius 1 is 1.19 bits per heavy atom. The second-order valence-electron chi connectivity index (χ2n) is 6.27. The number of hydrogen-bond acceptors (Lipinski definition) is 5. The number of H-pyrrole nitrogens is 1. The van der Waals surface area contributed by atoms with Gasteiger partial charge in [0, 0.05) is 23.7 Å². The minimum absolute atomic E-state index is 0.151. The standard InChI is InChI=1S/C20H17N3O4/c1-12-4-5-15-14(9-12)10-13(19(24)22-15)6-7-21-20(25)16-11-18(27-23-16)17-3-2-8-26-17/h2-5,8-11H,6-7H2,1H3,(H,21,25)(H,22,24). The third kappa shape index (κ3) is 3.52. The zero-order valence-electron chi connectivity index (χ0n) is 14.6. The van der Waals surface area contributed by atoms with Gasteiger partial charge in [-0.15, -0.1) is 0 Å². The van der Waals surface area contributed by atoms with Crippen molar-refractivity contribution in [2.75, 3.05) is 6.54 Å². The van der Waals surface area contributed by atoms with Crippen molar-refractivity contribution in [1.82, 2.24) is 15.5 Å². The summed E-state index contributed by atoms with van der Waals surface area (Å²) in [4.78, 5) is 27.3. The number of nitrogens with zero attached hydrogens (tertiary/aromatic N) is 1. The average molecular weight is 363 g/mol. The van der Waals surface area contributed by atoms with Crippen molar-refractivity contribution in [2.24, 2.45) is 0 Å². The largest absolute Gasteiger partial charge is 0.461 e. The first-order valence-electron chi connectivity index (χ1n) is 8.51. The van der Waals surface area contributed by atoms with Crippen LogP contribution in [-0.2, 0) is 6.42 Å². The molecule has 3 heterocycles. The lowest BCUT2D eigenvalue weighted by molar-refractivity contribution is 0.0945. The van der Waals surface area contributed by atoms with E-state index in [1.807, 2.05) is 31.2 Å². The normalized spacial score (nSPS) is 11.0. The van der Waals surface area contributed by atoms with E-state index >= 15 is 0 Å². The summed E-state index contributed by atoms with van der Waals surface area (Å²) in [6.45, 7) is 2.31. The Labute approximate surface area is 154 Å². The number of rotatable bonds is 5. The Morgan fingerprint density at radius 2 is 2.07 bits per heavy atom. The van der Waals surface area contributed by atoms with Crippen molar-refractivity contribution in [3.05, 3.63) is 75.9 Å². The summed E-state index contributed by atoms with van der Waals surface area (Å²) in [5, 5.41) is 7.47. The lowest BCUT2D eigenvalue weighted by Crippen LogP contribution is -2.27. The summed E-state index contributed by atoms with van der Waals surface area (Å²) < 4.78 is 10.3. The second-order valence-corrected chi connectivity index (χ2v) is 6.27. The number of fused-ring (bicyclic) bond motifs is 1. The maximum Gasteiger partial charge on any atom is 0.273 e. The lowest BCUT2D eigenvalue weighted by Gasteiger charge is -2.05. The highest BCUT2D eigenvalue weighted by atomic mass is 16.5. The third-order valence-corrected chi connectivity index (χ3v) is 4.26. The summed E-state index contributed by atoms with van der Waals surface area (Å²) in [6.07, 6.45) is 1.92.